The number of nitrogens with zero attached hydrogens (tertiary/aromatic N) is 1. The van der Waals surface area contributed by atoms with E-state index >= 15 is 0 Å². The minimum Gasteiger partial charge on any atom is -0.198 e. The zero-order chi connectivity index (χ0) is 10.1. The molecule has 1 aromatic heterocycles. The van der Waals surface area contributed by atoms with Crippen molar-refractivity contribution in [3.05, 3.63) is 32.6 Å². The zero-order valence-corrected chi connectivity index (χ0v) is 10.2. The van der Waals surface area contributed by atoms with Gasteiger partial charge in [-0.2, -0.15) is 5.26 Å². The van der Waals surface area contributed by atoms with Crippen molar-refractivity contribution >= 4 is 49.0 Å². The molecule has 70 valence electrons. The highest BCUT2D eigenvalue weighted by Crippen LogP contribution is 2.35. The number of thiophene rings is 1. The Hall–Kier alpha value is -0.560. The number of hydrogen-bond donors (Lipinski definition) is 0. The number of halogens is 2. The van der Waals surface area contributed by atoms with Gasteiger partial charge in [-0.25, -0.2) is 0 Å². The Morgan fingerprint density at radius 3 is 3.00 bits per heavy atom. The van der Waals surface area contributed by atoms with Crippen molar-refractivity contribution in [3.8, 4) is 6.07 Å². The van der Waals surface area contributed by atoms with Crippen molar-refractivity contribution in [2.45, 2.75) is 6.42 Å². The molecule has 2 rings (SSSR count). The lowest BCUT2D eigenvalue weighted by atomic mass is 10.1. The SMILES string of the molecule is N#CCc1csc2c(Cl)cc(Br)cc12. The lowest BCUT2D eigenvalue weighted by molar-refractivity contribution is 1.30. The monoisotopic (exact) mass is 285 g/mol. The second-order valence-electron chi connectivity index (χ2n) is 2.86. The van der Waals surface area contributed by atoms with E-state index in [-0.39, 0.29) is 0 Å². The van der Waals surface area contributed by atoms with Crippen molar-refractivity contribution in [1.82, 2.24) is 0 Å². The fraction of sp³-hybridized carbons (Fsp3) is 0.100. The van der Waals surface area contributed by atoms with Crippen LogP contribution in [0, 0.1) is 11.3 Å². The van der Waals surface area contributed by atoms with Crippen molar-refractivity contribution in [1.29, 1.82) is 5.26 Å². The first-order chi connectivity index (χ1) is 6.72. The predicted molar refractivity (Wildman–Crippen MR) is 63.9 cm³/mol. The molecule has 2 aromatic rings. The summed E-state index contributed by atoms with van der Waals surface area (Å²) in [5.74, 6) is 0. The van der Waals surface area contributed by atoms with Gasteiger partial charge in [0.2, 0.25) is 0 Å². The van der Waals surface area contributed by atoms with Crippen LogP contribution in [-0.4, -0.2) is 0 Å². The van der Waals surface area contributed by atoms with Gasteiger partial charge < -0.3 is 0 Å². The third kappa shape index (κ3) is 1.66. The molecule has 1 heterocycles. The van der Waals surface area contributed by atoms with Crippen LogP contribution in [0.4, 0.5) is 0 Å². The largest absolute Gasteiger partial charge is 0.198 e. The number of benzene rings is 1. The Morgan fingerprint density at radius 2 is 2.29 bits per heavy atom. The van der Waals surface area contributed by atoms with Crippen LogP contribution in [0.25, 0.3) is 10.1 Å². The van der Waals surface area contributed by atoms with Crippen molar-refractivity contribution in [3.63, 3.8) is 0 Å². The molecule has 0 atom stereocenters. The topological polar surface area (TPSA) is 23.8 Å². The van der Waals surface area contributed by atoms with Gasteiger partial charge >= 0.3 is 0 Å². The summed E-state index contributed by atoms with van der Waals surface area (Å²) in [6.45, 7) is 0. The van der Waals surface area contributed by atoms with Crippen molar-refractivity contribution < 1.29 is 0 Å². The molecule has 0 amide bonds. The van der Waals surface area contributed by atoms with E-state index in [0.29, 0.717) is 6.42 Å². The molecule has 0 fully saturated rings. The fourth-order valence-corrected chi connectivity index (χ4v) is 3.24. The van der Waals surface area contributed by atoms with Gasteiger partial charge in [0.05, 0.1) is 22.2 Å². The average Bonchev–Trinajstić information content (AvgIpc) is 2.49. The van der Waals surface area contributed by atoms with Crippen LogP contribution in [0.1, 0.15) is 5.56 Å². The van der Waals surface area contributed by atoms with Gasteiger partial charge in [0.25, 0.3) is 0 Å². The first-order valence-corrected chi connectivity index (χ1v) is 5.99. The minimum atomic E-state index is 0.437. The smallest absolute Gasteiger partial charge is 0.0670 e. The van der Waals surface area contributed by atoms with Crippen LogP contribution >= 0.6 is 38.9 Å². The van der Waals surface area contributed by atoms with Crippen molar-refractivity contribution in [2.24, 2.45) is 0 Å². The van der Waals surface area contributed by atoms with E-state index in [1.807, 2.05) is 17.5 Å². The van der Waals surface area contributed by atoms with Gasteiger partial charge in [-0.1, -0.05) is 27.5 Å². The van der Waals surface area contributed by atoms with E-state index < -0.39 is 0 Å². The van der Waals surface area contributed by atoms with Gasteiger partial charge in [-0.3, -0.25) is 0 Å². The third-order valence-electron chi connectivity index (χ3n) is 1.94. The van der Waals surface area contributed by atoms with Crippen molar-refractivity contribution in [2.75, 3.05) is 0 Å². The summed E-state index contributed by atoms with van der Waals surface area (Å²) in [5.41, 5.74) is 1.05. The molecule has 14 heavy (non-hydrogen) atoms. The van der Waals surface area contributed by atoms with Crippen LogP contribution in [0.3, 0.4) is 0 Å². The fourth-order valence-electron chi connectivity index (χ4n) is 1.33. The van der Waals surface area contributed by atoms with E-state index in [4.69, 9.17) is 16.9 Å². The molecule has 0 aliphatic rings. The molecule has 0 aliphatic heterocycles. The minimum absolute atomic E-state index is 0.437. The van der Waals surface area contributed by atoms with Gasteiger partial charge in [-0.15, -0.1) is 11.3 Å². The Balaban J connectivity index is 2.73. The quantitative estimate of drug-likeness (QED) is 0.763. The molecule has 0 radical (unpaired) electrons. The Kier molecular flexibility index (Phi) is 2.78. The molecule has 1 aromatic carbocycles. The molecule has 1 nitrogen and oxygen atoms in total. The highest BCUT2D eigenvalue weighted by atomic mass is 79.9. The number of rotatable bonds is 1. The van der Waals surface area contributed by atoms with Crippen LogP contribution in [0.2, 0.25) is 5.02 Å². The van der Waals surface area contributed by atoms with E-state index in [1.165, 1.54) is 0 Å². The van der Waals surface area contributed by atoms with E-state index in [1.54, 1.807) is 11.3 Å². The standard InChI is InChI=1S/C10H5BrClNS/c11-7-3-8-6(1-2-13)5-14-10(8)9(12)4-7/h3-5H,1H2. The maximum Gasteiger partial charge on any atom is 0.0670 e. The average molecular weight is 287 g/mol. The lowest BCUT2D eigenvalue weighted by Gasteiger charge is -1.97. The Morgan fingerprint density at radius 1 is 1.50 bits per heavy atom. The van der Waals surface area contributed by atoms with E-state index in [9.17, 15) is 0 Å². The molecule has 0 bridgehead atoms. The second kappa shape index (κ2) is 3.90. The van der Waals surface area contributed by atoms with Crippen LogP contribution in [-0.2, 0) is 6.42 Å². The maximum absolute atomic E-state index is 8.65. The molecule has 0 spiro atoms. The summed E-state index contributed by atoms with van der Waals surface area (Å²) >= 11 is 11.0. The maximum atomic E-state index is 8.65. The number of fused-ring (bicyclic) bond motifs is 1. The third-order valence-corrected chi connectivity index (χ3v) is 3.89. The highest BCUT2D eigenvalue weighted by molar-refractivity contribution is 9.10. The summed E-state index contributed by atoms with van der Waals surface area (Å²) < 4.78 is 2.01. The summed E-state index contributed by atoms with van der Waals surface area (Å²) in [5, 5.41) is 12.5. The molecule has 4 heteroatoms. The van der Waals surface area contributed by atoms with E-state index in [0.717, 1.165) is 25.1 Å². The summed E-state index contributed by atoms with van der Waals surface area (Å²) in [6, 6.07) is 6.03. The van der Waals surface area contributed by atoms with Gasteiger partial charge in [-0.05, 0) is 28.5 Å². The Bertz CT molecular complexity index is 527. The lowest BCUT2D eigenvalue weighted by Crippen LogP contribution is -1.77. The van der Waals surface area contributed by atoms with Gasteiger partial charge in [0.1, 0.15) is 0 Å². The van der Waals surface area contributed by atoms with Gasteiger partial charge in [0.15, 0.2) is 0 Å². The van der Waals surface area contributed by atoms with E-state index in [2.05, 4.69) is 22.0 Å². The molecule has 0 N–H and O–H groups in total. The normalized spacial score (nSPS) is 10.4. The molecule has 0 saturated carbocycles. The highest BCUT2D eigenvalue weighted by Gasteiger charge is 2.07. The summed E-state index contributed by atoms with van der Waals surface area (Å²) in [6.07, 6.45) is 0.437. The molecule has 0 saturated heterocycles. The molecular weight excluding hydrogens is 282 g/mol. The van der Waals surface area contributed by atoms with Crippen LogP contribution in [0.15, 0.2) is 22.0 Å². The molecular formula is C10H5BrClNS. The first-order valence-electron chi connectivity index (χ1n) is 3.94. The number of nitriles is 1. The second-order valence-corrected chi connectivity index (χ2v) is 5.06. The van der Waals surface area contributed by atoms with Gasteiger partial charge in [0, 0.05) is 4.47 Å². The summed E-state index contributed by atoms with van der Waals surface area (Å²) in [4.78, 5) is 0. The molecule has 0 unspecified atom stereocenters. The summed E-state index contributed by atoms with van der Waals surface area (Å²) in [7, 11) is 0. The van der Waals surface area contributed by atoms with Crippen LogP contribution in [0.5, 0.6) is 0 Å². The zero-order valence-electron chi connectivity index (χ0n) is 7.05. The Labute approximate surface area is 99.0 Å². The predicted octanol–water partition coefficient (Wildman–Crippen LogP) is 4.38. The first kappa shape index (κ1) is 9.97. The van der Waals surface area contributed by atoms with Crippen LogP contribution < -0.4 is 0 Å². The number of hydrogen-bond acceptors (Lipinski definition) is 2. The molecule has 0 aliphatic carbocycles.